The van der Waals surface area contributed by atoms with Crippen molar-refractivity contribution in [1.29, 1.82) is 0 Å². The first-order valence-corrected chi connectivity index (χ1v) is 7.26. The van der Waals surface area contributed by atoms with Crippen molar-refractivity contribution in [2.24, 2.45) is 0 Å². The summed E-state index contributed by atoms with van der Waals surface area (Å²) in [6.07, 6.45) is 1.27. The fourth-order valence-electron chi connectivity index (χ4n) is 1.43. The van der Waals surface area contributed by atoms with Gasteiger partial charge in [0.15, 0.2) is 0 Å². The summed E-state index contributed by atoms with van der Waals surface area (Å²) in [5.41, 5.74) is 0.822. The molecule has 0 aliphatic carbocycles. The van der Waals surface area contributed by atoms with Gasteiger partial charge < -0.3 is 5.32 Å². The van der Waals surface area contributed by atoms with Gasteiger partial charge in [0.2, 0.25) is 11.0 Å². The van der Waals surface area contributed by atoms with Crippen LogP contribution in [-0.2, 0) is 4.79 Å². The SMILES string of the molecule is CCCC(=O)Nc1nnc(-c2ccc(Cl)c(Cl)c2)s1. The Labute approximate surface area is 124 Å². The maximum atomic E-state index is 11.4. The highest BCUT2D eigenvalue weighted by Crippen LogP contribution is 2.31. The van der Waals surface area contributed by atoms with Crippen molar-refractivity contribution in [2.45, 2.75) is 19.8 Å². The summed E-state index contributed by atoms with van der Waals surface area (Å²) < 4.78 is 0. The van der Waals surface area contributed by atoms with E-state index in [1.807, 2.05) is 13.0 Å². The van der Waals surface area contributed by atoms with Gasteiger partial charge in [0.25, 0.3) is 0 Å². The average molecular weight is 316 g/mol. The van der Waals surface area contributed by atoms with Gasteiger partial charge in [-0.05, 0) is 18.6 Å². The van der Waals surface area contributed by atoms with Gasteiger partial charge in [0, 0.05) is 12.0 Å². The molecule has 4 nitrogen and oxygen atoms in total. The second kappa shape index (κ2) is 6.32. The van der Waals surface area contributed by atoms with Crippen LogP contribution in [0.1, 0.15) is 19.8 Å². The number of nitrogens with zero attached hydrogens (tertiary/aromatic N) is 2. The van der Waals surface area contributed by atoms with Crippen LogP contribution in [0.25, 0.3) is 10.6 Å². The van der Waals surface area contributed by atoms with Crippen molar-refractivity contribution in [3.05, 3.63) is 28.2 Å². The highest BCUT2D eigenvalue weighted by Gasteiger charge is 2.10. The number of carbonyl (C=O) groups excluding carboxylic acids is 1. The molecule has 1 N–H and O–H groups in total. The first kappa shape index (κ1) is 14.2. The monoisotopic (exact) mass is 315 g/mol. The topological polar surface area (TPSA) is 54.9 Å². The van der Waals surface area contributed by atoms with Crippen LogP contribution in [-0.4, -0.2) is 16.1 Å². The third-order valence-corrected chi connectivity index (χ3v) is 3.94. The Balaban J connectivity index is 2.16. The van der Waals surface area contributed by atoms with E-state index in [4.69, 9.17) is 23.2 Å². The van der Waals surface area contributed by atoms with Gasteiger partial charge in [-0.3, -0.25) is 4.79 Å². The zero-order valence-electron chi connectivity index (χ0n) is 10.1. The fraction of sp³-hybridized carbons (Fsp3) is 0.250. The van der Waals surface area contributed by atoms with Crippen LogP contribution in [0.4, 0.5) is 5.13 Å². The number of carbonyl (C=O) groups is 1. The van der Waals surface area contributed by atoms with Crippen LogP contribution >= 0.6 is 34.5 Å². The summed E-state index contributed by atoms with van der Waals surface area (Å²) in [6.45, 7) is 1.95. The number of benzene rings is 1. The van der Waals surface area contributed by atoms with Crippen LogP contribution in [0.5, 0.6) is 0 Å². The van der Waals surface area contributed by atoms with Crippen molar-refractivity contribution >= 4 is 45.6 Å². The highest BCUT2D eigenvalue weighted by molar-refractivity contribution is 7.18. The van der Waals surface area contributed by atoms with Crippen LogP contribution in [0, 0.1) is 0 Å². The molecule has 2 rings (SSSR count). The lowest BCUT2D eigenvalue weighted by Gasteiger charge is -1.98. The van der Waals surface area contributed by atoms with E-state index in [-0.39, 0.29) is 5.91 Å². The summed E-state index contributed by atoms with van der Waals surface area (Å²) in [4.78, 5) is 11.4. The average Bonchev–Trinajstić information content (AvgIpc) is 2.81. The number of anilines is 1. The molecular weight excluding hydrogens is 305 g/mol. The molecule has 2 aromatic rings. The molecule has 19 heavy (non-hydrogen) atoms. The number of aromatic nitrogens is 2. The predicted octanol–water partition coefficient (Wildman–Crippen LogP) is 4.25. The van der Waals surface area contributed by atoms with Crippen LogP contribution in [0.3, 0.4) is 0 Å². The maximum Gasteiger partial charge on any atom is 0.226 e. The predicted molar refractivity (Wildman–Crippen MR) is 78.9 cm³/mol. The molecule has 0 unspecified atom stereocenters. The molecule has 0 bridgehead atoms. The van der Waals surface area contributed by atoms with E-state index in [2.05, 4.69) is 15.5 Å². The lowest BCUT2D eigenvalue weighted by Crippen LogP contribution is -2.10. The molecule has 7 heteroatoms. The molecule has 0 saturated heterocycles. The van der Waals surface area contributed by atoms with E-state index in [0.29, 0.717) is 26.6 Å². The minimum Gasteiger partial charge on any atom is -0.301 e. The summed E-state index contributed by atoms with van der Waals surface area (Å²) in [7, 11) is 0. The van der Waals surface area contributed by atoms with E-state index in [9.17, 15) is 4.79 Å². The highest BCUT2D eigenvalue weighted by atomic mass is 35.5. The Kier molecular flexibility index (Phi) is 4.74. The first-order chi connectivity index (χ1) is 9.10. The van der Waals surface area contributed by atoms with Crippen LogP contribution in [0.2, 0.25) is 10.0 Å². The minimum atomic E-state index is -0.0562. The van der Waals surface area contributed by atoms with Crippen molar-refractivity contribution in [3.63, 3.8) is 0 Å². The van der Waals surface area contributed by atoms with Gasteiger partial charge in [-0.1, -0.05) is 47.5 Å². The number of halogens is 2. The Morgan fingerprint density at radius 2 is 2.11 bits per heavy atom. The lowest BCUT2D eigenvalue weighted by atomic mass is 10.2. The quantitative estimate of drug-likeness (QED) is 0.917. The Morgan fingerprint density at radius 3 is 2.79 bits per heavy atom. The van der Waals surface area contributed by atoms with Gasteiger partial charge in [0.05, 0.1) is 10.0 Å². The zero-order valence-corrected chi connectivity index (χ0v) is 12.4. The van der Waals surface area contributed by atoms with Gasteiger partial charge in [-0.15, -0.1) is 10.2 Å². The molecule has 0 aliphatic rings. The molecule has 0 radical (unpaired) electrons. The van der Waals surface area contributed by atoms with E-state index in [0.717, 1.165) is 12.0 Å². The Hall–Kier alpha value is -1.17. The molecule has 0 aliphatic heterocycles. The second-order valence-corrected chi connectivity index (χ2v) is 5.63. The van der Waals surface area contributed by atoms with Gasteiger partial charge in [-0.2, -0.15) is 0 Å². The third-order valence-electron chi connectivity index (χ3n) is 2.31. The first-order valence-electron chi connectivity index (χ1n) is 5.69. The number of rotatable bonds is 4. The van der Waals surface area contributed by atoms with E-state index >= 15 is 0 Å². The molecule has 1 amide bonds. The summed E-state index contributed by atoms with van der Waals surface area (Å²) in [5, 5.41) is 12.8. The largest absolute Gasteiger partial charge is 0.301 e. The van der Waals surface area contributed by atoms with E-state index < -0.39 is 0 Å². The number of nitrogens with one attached hydrogen (secondary N) is 1. The van der Waals surface area contributed by atoms with Gasteiger partial charge >= 0.3 is 0 Å². The molecule has 0 atom stereocenters. The number of amides is 1. The third kappa shape index (κ3) is 3.65. The van der Waals surface area contributed by atoms with Crippen molar-refractivity contribution in [3.8, 4) is 10.6 Å². The van der Waals surface area contributed by atoms with Gasteiger partial charge in [0.1, 0.15) is 5.01 Å². The Morgan fingerprint density at radius 1 is 1.32 bits per heavy atom. The second-order valence-electron chi connectivity index (χ2n) is 3.84. The molecule has 0 saturated carbocycles. The summed E-state index contributed by atoms with van der Waals surface area (Å²) in [5.74, 6) is -0.0562. The molecular formula is C12H11Cl2N3OS. The van der Waals surface area contributed by atoms with Crippen molar-refractivity contribution in [1.82, 2.24) is 10.2 Å². The molecule has 0 fully saturated rings. The van der Waals surface area contributed by atoms with Crippen molar-refractivity contribution < 1.29 is 4.79 Å². The fourth-order valence-corrected chi connectivity index (χ4v) is 2.48. The van der Waals surface area contributed by atoms with Crippen molar-refractivity contribution in [2.75, 3.05) is 5.32 Å². The normalized spacial score (nSPS) is 10.5. The summed E-state index contributed by atoms with van der Waals surface area (Å²) >= 11 is 13.1. The summed E-state index contributed by atoms with van der Waals surface area (Å²) in [6, 6.07) is 5.24. The van der Waals surface area contributed by atoms with Crippen LogP contribution < -0.4 is 5.32 Å². The maximum absolute atomic E-state index is 11.4. The zero-order chi connectivity index (χ0) is 13.8. The molecule has 0 spiro atoms. The number of hydrogen-bond donors (Lipinski definition) is 1. The van der Waals surface area contributed by atoms with Crippen LogP contribution in [0.15, 0.2) is 18.2 Å². The Bertz CT molecular complexity index is 600. The lowest BCUT2D eigenvalue weighted by molar-refractivity contribution is -0.116. The minimum absolute atomic E-state index is 0.0562. The number of hydrogen-bond acceptors (Lipinski definition) is 4. The molecule has 1 heterocycles. The standard InChI is InChI=1S/C12H11Cl2N3OS/c1-2-3-10(18)15-12-17-16-11(19-12)7-4-5-8(13)9(14)6-7/h4-6H,2-3H2,1H3,(H,15,17,18). The smallest absolute Gasteiger partial charge is 0.226 e. The molecule has 1 aromatic carbocycles. The van der Waals surface area contributed by atoms with E-state index in [1.165, 1.54) is 11.3 Å². The molecule has 100 valence electrons. The van der Waals surface area contributed by atoms with Gasteiger partial charge in [-0.25, -0.2) is 0 Å². The van der Waals surface area contributed by atoms with E-state index in [1.54, 1.807) is 12.1 Å². The molecule has 1 aromatic heterocycles.